The number of benzene rings is 1. The van der Waals surface area contributed by atoms with Crippen molar-refractivity contribution < 1.29 is 9.90 Å². The summed E-state index contributed by atoms with van der Waals surface area (Å²) in [5.41, 5.74) is 2.65. The molecule has 6 nitrogen and oxygen atoms in total. The van der Waals surface area contributed by atoms with Crippen LogP contribution in [0.2, 0.25) is 5.02 Å². The summed E-state index contributed by atoms with van der Waals surface area (Å²) in [6, 6.07) is 10.9. The van der Waals surface area contributed by atoms with E-state index < -0.39 is 6.10 Å². The number of aliphatic hydroxyl groups is 1. The second-order valence-corrected chi connectivity index (χ2v) is 6.84. The van der Waals surface area contributed by atoms with Crippen LogP contribution in [0, 0.1) is 0 Å². The number of nitrogens with zero attached hydrogens (tertiary/aromatic N) is 2. The Morgan fingerprint density at radius 2 is 2.15 bits per heavy atom. The predicted molar refractivity (Wildman–Crippen MR) is 101 cm³/mol. The number of carbonyl (C=O) groups is 1. The molecule has 1 aliphatic heterocycles. The van der Waals surface area contributed by atoms with Crippen molar-refractivity contribution in [1.82, 2.24) is 14.7 Å². The lowest BCUT2D eigenvalue weighted by Gasteiger charge is -2.28. The molecule has 4 rings (SSSR count). The van der Waals surface area contributed by atoms with Crippen molar-refractivity contribution in [2.45, 2.75) is 18.4 Å². The number of halogens is 1. The predicted octanol–water partition coefficient (Wildman–Crippen LogP) is 2.68. The Morgan fingerprint density at radius 1 is 1.31 bits per heavy atom. The molecule has 3 heterocycles. The van der Waals surface area contributed by atoms with E-state index >= 15 is 0 Å². The smallest absolute Gasteiger partial charge is 0.274 e. The van der Waals surface area contributed by atoms with Crippen LogP contribution in [0.3, 0.4) is 0 Å². The number of hydrogen-bond acceptors (Lipinski definition) is 4. The fourth-order valence-corrected chi connectivity index (χ4v) is 3.55. The van der Waals surface area contributed by atoms with Gasteiger partial charge in [0.15, 0.2) is 0 Å². The van der Waals surface area contributed by atoms with Crippen LogP contribution in [-0.4, -0.2) is 39.6 Å². The average Bonchev–Trinajstić information content (AvgIpc) is 3.07. The fraction of sp³-hybridized carbons (Fsp3) is 0.263. The van der Waals surface area contributed by atoms with Gasteiger partial charge in [0.1, 0.15) is 11.3 Å². The Labute approximate surface area is 155 Å². The number of hydrogen-bond donors (Lipinski definition) is 3. The summed E-state index contributed by atoms with van der Waals surface area (Å²) in [5.74, 6) is -0.240. The first-order chi connectivity index (χ1) is 12.6. The van der Waals surface area contributed by atoms with Crippen LogP contribution in [0.15, 0.2) is 48.8 Å². The molecule has 1 fully saturated rings. The number of anilines is 1. The van der Waals surface area contributed by atoms with Crippen LogP contribution in [-0.2, 0) is 0 Å². The standard InChI is InChI=1S/C19H19ClN4O2/c20-14-3-1-2-4-15(14)23-19(26)16-9-22-18-6-5-12(11-24(16)18)13-7-8-21-10-17(13)25/h1-6,9,11,13,17,21,25H,7-8,10H2,(H,23,26)/t13?,17-/m1/s1. The van der Waals surface area contributed by atoms with Crippen LogP contribution in [0.4, 0.5) is 5.69 Å². The zero-order chi connectivity index (χ0) is 18.1. The van der Waals surface area contributed by atoms with E-state index in [-0.39, 0.29) is 11.8 Å². The first-order valence-corrected chi connectivity index (χ1v) is 8.93. The molecule has 0 aliphatic carbocycles. The zero-order valence-corrected chi connectivity index (χ0v) is 14.8. The van der Waals surface area contributed by atoms with E-state index in [1.54, 1.807) is 22.7 Å². The van der Waals surface area contributed by atoms with Crippen LogP contribution < -0.4 is 10.6 Å². The van der Waals surface area contributed by atoms with Crippen LogP contribution in [0.5, 0.6) is 0 Å². The molecule has 3 aromatic rings. The number of para-hydroxylation sites is 1. The van der Waals surface area contributed by atoms with Gasteiger partial charge in [0.05, 0.1) is 23.0 Å². The molecular formula is C19H19ClN4O2. The third kappa shape index (κ3) is 3.19. The van der Waals surface area contributed by atoms with Gasteiger partial charge in [0.25, 0.3) is 5.91 Å². The summed E-state index contributed by atoms with van der Waals surface area (Å²) < 4.78 is 1.76. The van der Waals surface area contributed by atoms with E-state index in [4.69, 9.17) is 11.6 Å². The minimum atomic E-state index is -0.440. The second kappa shape index (κ2) is 7.07. The fourth-order valence-electron chi connectivity index (χ4n) is 3.36. The number of pyridine rings is 1. The number of nitrogens with one attached hydrogen (secondary N) is 2. The van der Waals surface area contributed by atoms with Gasteiger partial charge in [-0.2, -0.15) is 0 Å². The summed E-state index contributed by atoms with van der Waals surface area (Å²) in [5, 5.41) is 16.8. The Bertz CT molecular complexity index is 956. The number of rotatable bonds is 3. The van der Waals surface area contributed by atoms with Crippen molar-refractivity contribution in [3.05, 3.63) is 65.1 Å². The lowest BCUT2D eigenvalue weighted by Crippen LogP contribution is -2.39. The molecule has 0 radical (unpaired) electrons. The monoisotopic (exact) mass is 370 g/mol. The Morgan fingerprint density at radius 3 is 2.96 bits per heavy atom. The van der Waals surface area contributed by atoms with Gasteiger partial charge in [-0.3, -0.25) is 9.20 Å². The molecule has 1 unspecified atom stereocenters. The molecule has 1 aliphatic rings. The molecule has 2 atom stereocenters. The highest BCUT2D eigenvalue weighted by atomic mass is 35.5. The number of fused-ring (bicyclic) bond motifs is 1. The van der Waals surface area contributed by atoms with Crippen molar-refractivity contribution in [2.24, 2.45) is 0 Å². The van der Waals surface area contributed by atoms with E-state index in [9.17, 15) is 9.90 Å². The minimum Gasteiger partial charge on any atom is -0.391 e. The lowest BCUT2D eigenvalue weighted by molar-refractivity contribution is 0.102. The third-order valence-corrected chi connectivity index (χ3v) is 5.09. The highest BCUT2D eigenvalue weighted by Gasteiger charge is 2.25. The minimum absolute atomic E-state index is 0.0440. The van der Waals surface area contributed by atoms with Crippen LogP contribution >= 0.6 is 11.6 Å². The number of aliphatic hydroxyl groups excluding tert-OH is 1. The van der Waals surface area contributed by atoms with Gasteiger partial charge in [-0.05, 0) is 36.7 Å². The van der Waals surface area contributed by atoms with Gasteiger partial charge >= 0.3 is 0 Å². The SMILES string of the molecule is O=C(Nc1ccccc1Cl)c1cnc2ccc(C3CCNC[C@H]3O)cn12. The molecule has 0 spiro atoms. The topological polar surface area (TPSA) is 78.7 Å². The van der Waals surface area contributed by atoms with E-state index in [1.165, 1.54) is 0 Å². The van der Waals surface area contributed by atoms with Crippen molar-refractivity contribution >= 4 is 28.8 Å². The normalized spacial score (nSPS) is 20.2. The van der Waals surface area contributed by atoms with Crippen LogP contribution in [0.1, 0.15) is 28.4 Å². The molecular weight excluding hydrogens is 352 g/mol. The maximum Gasteiger partial charge on any atom is 0.274 e. The molecule has 0 saturated carbocycles. The highest BCUT2D eigenvalue weighted by molar-refractivity contribution is 6.33. The lowest BCUT2D eigenvalue weighted by atomic mass is 9.89. The van der Waals surface area contributed by atoms with E-state index in [0.717, 1.165) is 18.5 Å². The van der Waals surface area contributed by atoms with E-state index in [0.29, 0.717) is 28.6 Å². The molecule has 1 aromatic carbocycles. The highest BCUT2D eigenvalue weighted by Crippen LogP contribution is 2.27. The van der Waals surface area contributed by atoms with Crippen LogP contribution in [0.25, 0.3) is 5.65 Å². The maximum absolute atomic E-state index is 12.7. The third-order valence-electron chi connectivity index (χ3n) is 4.76. The summed E-state index contributed by atoms with van der Waals surface area (Å²) in [7, 11) is 0. The number of carbonyl (C=O) groups excluding carboxylic acids is 1. The Kier molecular flexibility index (Phi) is 4.63. The van der Waals surface area contributed by atoms with Gasteiger partial charge < -0.3 is 15.7 Å². The number of imidazole rings is 1. The number of amides is 1. The molecule has 1 saturated heterocycles. The second-order valence-electron chi connectivity index (χ2n) is 6.43. The molecule has 7 heteroatoms. The zero-order valence-electron chi connectivity index (χ0n) is 14.0. The molecule has 2 aromatic heterocycles. The van der Waals surface area contributed by atoms with Gasteiger partial charge in [0, 0.05) is 18.7 Å². The number of aromatic nitrogens is 2. The first-order valence-electron chi connectivity index (χ1n) is 8.55. The Balaban J connectivity index is 1.66. The van der Waals surface area contributed by atoms with Gasteiger partial charge in [-0.15, -0.1) is 0 Å². The number of β-amino-alcohol motifs (C(OH)–C–C–N with tert-alkyl or cyclic N) is 1. The summed E-state index contributed by atoms with van der Waals surface area (Å²) in [6.07, 6.45) is 3.85. The van der Waals surface area contributed by atoms with E-state index in [1.807, 2.05) is 30.5 Å². The van der Waals surface area contributed by atoms with Crippen molar-refractivity contribution in [3.8, 4) is 0 Å². The van der Waals surface area contributed by atoms with E-state index in [2.05, 4.69) is 15.6 Å². The largest absolute Gasteiger partial charge is 0.391 e. The maximum atomic E-state index is 12.7. The average molecular weight is 371 g/mol. The summed E-state index contributed by atoms with van der Waals surface area (Å²) in [4.78, 5) is 17.0. The molecule has 0 bridgehead atoms. The van der Waals surface area contributed by atoms with Gasteiger partial charge in [-0.25, -0.2) is 4.98 Å². The van der Waals surface area contributed by atoms with Crippen molar-refractivity contribution in [3.63, 3.8) is 0 Å². The van der Waals surface area contributed by atoms with Gasteiger partial charge in [-0.1, -0.05) is 29.8 Å². The molecule has 3 N–H and O–H groups in total. The Hall–Kier alpha value is -2.41. The quantitative estimate of drug-likeness (QED) is 0.662. The van der Waals surface area contributed by atoms with Crippen molar-refractivity contribution in [1.29, 1.82) is 0 Å². The number of piperidine rings is 1. The molecule has 26 heavy (non-hydrogen) atoms. The first kappa shape index (κ1) is 17.0. The molecule has 134 valence electrons. The summed E-state index contributed by atoms with van der Waals surface area (Å²) >= 11 is 6.12. The summed E-state index contributed by atoms with van der Waals surface area (Å²) in [6.45, 7) is 1.44. The molecule has 1 amide bonds. The van der Waals surface area contributed by atoms with Crippen molar-refractivity contribution in [2.75, 3.05) is 18.4 Å². The van der Waals surface area contributed by atoms with Gasteiger partial charge in [0.2, 0.25) is 0 Å².